The molecule has 4 aromatic rings. The number of imidazole rings is 1. The van der Waals surface area contributed by atoms with Gasteiger partial charge in [-0.1, -0.05) is 24.3 Å². The fourth-order valence-electron chi connectivity index (χ4n) is 2.67. The SMILES string of the molecule is O=C(O)c1ccc2ncn(-c3cccc(Oc4ccccc4)c3)c2c1. The first-order chi connectivity index (χ1) is 12.2. The summed E-state index contributed by atoms with van der Waals surface area (Å²) in [5, 5.41) is 9.20. The Morgan fingerprint density at radius 3 is 2.52 bits per heavy atom. The van der Waals surface area contributed by atoms with Crippen molar-refractivity contribution in [3.05, 3.63) is 84.7 Å². The van der Waals surface area contributed by atoms with Crippen LogP contribution in [-0.2, 0) is 0 Å². The summed E-state index contributed by atoms with van der Waals surface area (Å²) in [6, 6.07) is 22.0. The number of ether oxygens (including phenoxy) is 1. The van der Waals surface area contributed by atoms with Gasteiger partial charge in [-0.2, -0.15) is 0 Å². The molecule has 0 amide bonds. The second-order valence-corrected chi connectivity index (χ2v) is 5.54. The lowest BCUT2D eigenvalue weighted by atomic mass is 10.2. The zero-order chi connectivity index (χ0) is 17.2. The minimum Gasteiger partial charge on any atom is -0.478 e. The first kappa shape index (κ1) is 15.0. The molecule has 0 aliphatic carbocycles. The van der Waals surface area contributed by atoms with Gasteiger partial charge in [0, 0.05) is 6.07 Å². The Labute approximate surface area is 143 Å². The second kappa shape index (κ2) is 6.13. The van der Waals surface area contributed by atoms with Gasteiger partial charge in [-0.15, -0.1) is 0 Å². The molecule has 0 bridgehead atoms. The fourth-order valence-corrected chi connectivity index (χ4v) is 2.67. The molecule has 0 aliphatic heterocycles. The van der Waals surface area contributed by atoms with E-state index in [-0.39, 0.29) is 5.56 Å². The highest BCUT2D eigenvalue weighted by atomic mass is 16.5. The summed E-state index contributed by atoms with van der Waals surface area (Å²) in [5.74, 6) is 0.485. The zero-order valence-corrected chi connectivity index (χ0v) is 13.2. The number of nitrogens with zero attached hydrogens (tertiary/aromatic N) is 2. The molecular formula is C20H14N2O3. The van der Waals surface area contributed by atoms with Gasteiger partial charge in [0.15, 0.2) is 0 Å². The minimum absolute atomic E-state index is 0.228. The molecule has 3 aromatic carbocycles. The van der Waals surface area contributed by atoms with E-state index in [1.54, 1.807) is 24.5 Å². The van der Waals surface area contributed by atoms with Gasteiger partial charge in [-0.05, 0) is 42.5 Å². The van der Waals surface area contributed by atoms with Crippen molar-refractivity contribution in [3.8, 4) is 17.2 Å². The van der Waals surface area contributed by atoms with Gasteiger partial charge in [0.05, 0.1) is 22.3 Å². The van der Waals surface area contributed by atoms with Gasteiger partial charge in [0.1, 0.15) is 17.8 Å². The van der Waals surface area contributed by atoms with Gasteiger partial charge in [0.2, 0.25) is 0 Å². The summed E-state index contributed by atoms with van der Waals surface area (Å²) < 4.78 is 7.71. The van der Waals surface area contributed by atoms with Gasteiger partial charge in [0.25, 0.3) is 0 Å². The highest BCUT2D eigenvalue weighted by molar-refractivity contribution is 5.92. The number of aromatic carboxylic acids is 1. The van der Waals surface area contributed by atoms with Crippen LogP contribution < -0.4 is 4.74 Å². The second-order valence-electron chi connectivity index (χ2n) is 5.54. The average Bonchev–Trinajstić information content (AvgIpc) is 3.06. The molecular weight excluding hydrogens is 316 g/mol. The predicted octanol–water partition coefficient (Wildman–Crippen LogP) is 4.52. The number of rotatable bonds is 4. The average molecular weight is 330 g/mol. The van der Waals surface area contributed by atoms with E-state index in [9.17, 15) is 9.90 Å². The molecule has 1 aromatic heterocycles. The number of hydrogen-bond acceptors (Lipinski definition) is 3. The highest BCUT2D eigenvalue weighted by Gasteiger charge is 2.10. The Balaban J connectivity index is 1.75. The smallest absolute Gasteiger partial charge is 0.335 e. The van der Waals surface area contributed by atoms with Gasteiger partial charge in [-0.3, -0.25) is 4.57 Å². The zero-order valence-electron chi connectivity index (χ0n) is 13.2. The molecule has 0 atom stereocenters. The first-order valence-electron chi connectivity index (χ1n) is 7.74. The number of carboxylic acids is 1. The molecule has 122 valence electrons. The molecule has 4 rings (SSSR count). The van der Waals surface area contributed by atoms with E-state index < -0.39 is 5.97 Å². The number of carboxylic acid groups (broad SMARTS) is 1. The predicted molar refractivity (Wildman–Crippen MR) is 94.5 cm³/mol. The Morgan fingerprint density at radius 2 is 1.72 bits per heavy atom. The molecule has 0 saturated heterocycles. The topological polar surface area (TPSA) is 64.3 Å². The summed E-state index contributed by atoms with van der Waals surface area (Å²) in [5.41, 5.74) is 2.54. The first-order valence-corrected chi connectivity index (χ1v) is 7.74. The van der Waals surface area contributed by atoms with Crippen molar-refractivity contribution >= 4 is 17.0 Å². The van der Waals surface area contributed by atoms with Gasteiger partial charge in [-0.25, -0.2) is 9.78 Å². The molecule has 0 spiro atoms. The molecule has 1 N–H and O–H groups in total. The highest BCUT2D eigenvalue weighted by Crippen LogP contribution is 2.25. The molecule has 0 saturated carbocycles. The van der Waals surface area contributed by atoms with E-state index >= 15 is 0 Å². The van der Waals surface area contributed by atoms with E-state index in [4.69, 9.17) is 4.74 Å². The van der Waals surface area contributed by atoms with E-state index in [2.05, 4.69) is 4.98 Å². The Hall–Kier alpha value is -3.60. The Morgan fingerprint density at radius 1 is 0.920 bits per heavy atom. The molecule has 0 aliphatic rings. The molecule has 25 heavy (non-hydrogen) atoms. The fraction of sp³-hybridized carbons (Fsp3) is 0. The van der Waals surface area contributed by atoms with Crippen LogP contribution in [0.25, 0.3) is 16.7 Å². The molecule has 5 heteroatoms. The van der Waals surface area contributed by atoms with E-state index in [1.807, 2.05) is 59.2 Å². The van der Waals surface area contributed by atoms with Crippen LogP contribution in [0.5, 0.6) is 11.5 Å². The van der Waals surface area contributed by atoms with Crippen LogP contribution in [0.2, 0.25) is 0 Å². The summed E-state index contributed by atoms with van der Waals surface area (Å²) in [6.07, 6.45) is 1.68. The lowest BCUT2D eigenvalue weighted by Crippen LogP contribution is -1.97. The van der Waals surface area contributed by atoms with Crippen LogP contribution in [0.4, 0.5) is 0 Å². The molecule has 1 heterocycles. The third-order valence-corrected chi connectivity index (χ3v) is 3.87. The quantitative estimate of drug-likeness (QED) is 0.598. The molecule has 0 unspecified atom stereocenters. The van der Waals surface area contributed by atoms with E-state index in [1.165, 1.54) is 0 Å². The molecule has 5 nitrogen and oxygen atoms in total. The van der Waals surface area contributed by atoms with Crippen molar-refractivity contribution in [2.24, 2.45) is 0 Å². The number of benzene rings is 3. The van der Waals surface area contributed by atoms with Crippen LogP contribution in [0.1, 0.15) is 10.4 Å². The maximum atomic E-state index is 11.2. The van der Waals surface area contributed by atoms with Crippen LogP contribution in [0.15, 0.2) is 79.1 Å². The van der Waals surface area contributed by atoms with Crippen molar-refractivity contribution in [1.82, 2.24) is 9.55 Å². The van der Waals surface area contributed by atoms with Crippen molar-refractivity contribution < 1.29 is 14.6 Å². The van der Waals surface area contributed by atoms with Gasteiger partial charge >= 0.3 is 5.97 Å². The number of para-hydroxylation sites is 1. The summed E-state index contributed by atoms with van der Waals surface area (Å²) in [4.78, 5) is 15.6. The number of fused-ring (bicyclic) bond motifs is 1. The summed E-state index contributed by atoms with van der Waals surface area (Å²) in [7, 11) is 0. The number of hydrogen-bond donors (Lipinski definition) is 1. The van der Waals surface area contributed by atoms with Crippen LogP contribution in [-0.4, -0.2) is 20.6 Å². The van der Waals surface area contributed by atoms with Crippen LogP contribution in [0.3, 0.4) is 0 Å². The van der Waals surface area contributed by atoms with Crippen molar-refractivity contribution in [2.45, 2.75) is 0 Å². The van der Waals surface area contributed by atoms with Gasteiger partial charge < -0.3 is 9.84 Å². The summed E-state index contributed by atoms with van der Waals surface area (Å²) >= 11 is 0. The lowest BCUT2D eigenvalue weighted by molar-refractivity contribution is 0.0697. The number of carbonyl (C=O) groups is 1. The third kappa shape index (κ3) is 2.95. The Kier molecular flexibility index (Phi) is 3.67. The Bertz CT molecular complexity index is 1050. The lowest BCUT2D eigenvalue weighted by Gasteiger charge is -2.09. The molecule has 0 fully saturated rings. The molecule has 0 radical (unpaired) electrons. The van der Waals surface area contributed by atoms with Crippen molar-refractivity contribution in [2.75, 3.05) is 0 Å². The maximum Gasteiger partial charge on any atom is 0.335 e. The van der Waals surface area contributed by atoms with E-state index in [0.717, 1.165) is 22.5 Å². The van der Waals surface area contributed by atoms with Crippen LogP contribution in [0, 0.1) is 0 Å². The van der Waals surface area contributed by atoms with Crippen molar-refractivity contribution in [3.63, 3.8) is 0 Å². The standard InChI is InChI=1S/C20H14N2O3/c23-20(24)14-9-10-18-19(11-14)22(13-21-18)15-5-4-8-17(12-15)25-16-6-2-1-3-7-16/h1-13H,(H,23,24). The number of aromatic nitrogens is 2. The maximum absolute atomic E-state index is 11.2. The largest absolute Gasteiger partial charge is 0.478 e. The monoisotopic (exact) mass is 330 g/mol. The van der Waals surface area contributed by atoms with Crippen molar-refractivity contribution in [1.29, 1.82) is 0 Å². The third-order valence-electron chi connectivity index (χ3n) is 3.87. The minimum atomic E-state index is -0.962. The summed E-state index contributed by atoms with van der Waals surface area (Å²) in [6.45, 7) is 0. The normalized spacial score (nSPS) is 10.7. The van der Waals surface area contributed by atoms with E-state index in [0.29, 0.717) is 5.75 Å². The van der Waals surface area contributed by atoms with Crippen LogP contribution >= 0.6 is 0 Å².